The maximum Gasteiger partial charge on any atom is 0.124 e. The van der Waals surface area contributed by atoms with Crippen molar-refractivity contribution in [2.75, 3.05) is 0 Å². The Hall–Kier alpha value is -0.640. The molecule has 14 heavy (non-hydrogen) atoms. The molecule has 0 aliphatic carbocycles. The molecule has 4 heteroatoms. The van der Waals surface area contributed by atoms with E-state index in [0.717, 1.165) is 20.5 Å². The van der Waals surface area contributed by atoms with Crippen molar-refractivity contribution in [2.24, 2.45) is 0 Å². The van der Waals surface area contributed by atoms with E-state index in [1.165, 1.54) is 23.5 Å². The van der Waals surface area contributed by atoms with Crippen molar-refractivity contribution < 1.29 is 9.50 Å². The first-order chi connectivity index (χ1) is 6.76. The number of aliphatic hydroxyl groups excluding tert-OH is 1. The molecule has 0 amide bonds. The Morgan fingerprint density at radius 2 is 2.21 bits per heavy atom. The summed E-state index contributed by atoms with van der Waals surface area (Å²) in [7, 11) is 0. The summed E-state index contributed by atoms with van der Waals surface area (Å²) in [6.45, 7) is -0.0479. The minimum Gasteiger partial charge on any atom is -0.392 e. The maximum absolute atomic E-state index is 12.9. The van der Waals surface area contributed by atoms with Gasteiger partial charge in [0.2, 0.25) is 0 Å². The zero-order valence-corrected chi connectivity index (χ0v) is 8.83. The third-order valence-corrected chi connectivity index (χ3v) is 3.74. The molecule has 1 heterocycles. The van der Waals surface area contributed by atoms with E-state index in [1.54, 1.807) is 6.07 Å². The van der Waals surface area contributed by atoms with Crippen molar-refractivity contribution >= 4 is 33.0 Å². The molecule has 0 aliphatic heterocycles. The second-order valence-electron chi connectivity index (χ2n) is 2.94. The van der Waals surface area contributed by atoms with Crippen LogP contribution >= 0.6 is 22.9 Å². The second-order valence-corrected chi connectivity index (χ2v) is 4.34. The third-order valence-electron chi connectivity index (χ3n) is 2.12. The molecular formula is C10H8ClFOS. The van der Waals surface area contributed by atoms with Crippen LogP contribution in [0.4, 0.5) is 4.39 Å². The van der Waals surface area contributed by atoms with Gasteiger partial charge in [0.15, 0.2) is 0 Å². The van der Waals surface area contributed by atoms with E-state index in [9.17, 15) is 4.39 Å². The molecule has 0 bridgehead atoms. The molecule has 0 saturated heterocycles. The SMILES string of the molecule is OCc1c(CCl)sc2cc(F)ccc12. The number of fused-ring (bicyclic) bond motifs is 1. The summed E-state index contributed by atoms with van der Waals surface area (Å²) in [5, 5.41) is 10.1. The van der Waals surface area contributed by atoms with E-state index < -0.39 is 0 Å². The summed E-state index contributed by atoms with van der Waals surface area (Å²) in [6, 6.07) is 4.55. The summed E-state index contributed by atoms with van der Waals surface area (Å²) >= 11 is 7.16. The van der Waals surface area contributed by atoms with Crippen LogP contribution in [0, 0.1) is 5.82 Å². The van der Waals surface area contributed by atoms with Crippen LogP contribution in [-0.2, 0) is 12.5 Å². The summed E-state index contributed by atoms with van der Waals surface area (Å²) in [5.41, 5.74) is 0.819. The van der Waals surface area contributed by atoms with E-state index in [-0.39, 0.29) is 12.4 Å². The van der Waals surface area contributed by atoms with E-state index in [4.69, 9.17) is 16.7 Å². The average Bonchev–Trinajstić information content (AvgIpc) is 2.54. The van der Waals surface area contributed by atoms with E-state index >= 15 is 0 Å². The molecule has 0 radical (unpaired) electrons. The number of hydrogen-bond acceptors (Lipinski definition) is 2. The van der Waals surface area contributed by atoms with Crippen molar-refractivity contribution in [1.82, 2.24) is 0 Å². The second kappa shape index (κ2) is 3.85. The van der Waals surface area contributed by atoms with Crippen molar-refractivity contribution in [1.29, 1.82) is 0 Å². The van der Waals surface area contributed by atoms with Gasteiger partial charge in [-0.15, -0.1) is 22.9 Å². The molecule has 0 spiro atoms. The van der Waals surface area contributed by atoms with Crippen LogP contribution in [0.2, 0.25) is 0 Å². The quantitative estimate of drug-likeness (QED) is 0.786. The molecule has 0 unspecified atom stereocenters. The van der Waals surface area contributed by atoms with Gasteiger partial charge >= 0.3 is 0 Å². The third kappa shape index (κ3) is 1.52. The fourth-order valence-corrected chi connectivity index (χ4v) is 2.87. The van der Waals surface area contributed by atoms with E-state index in [0.29, 0.717) is 5.88 Å². The lowest BCUT2D eigenvalue weighted by Gasteiger charge is -1.95. The van der Waals surface area contributed by atoms with Gasteiger partial charge in [-0.2, -0.15) is 0 Å². The van der Waals surface area contributed by atoms with Crippen molar-refractivity contribution in [3.8, 4) is 0 Å². The average molecular weight is 231 g/mol. The molecule has 0 aliphatic rings. The van der Waals surface area contributed by atoms with Gasteiger partial charge in [-0.1, -0.05) is 6.07 Å². The molecule has 1 nitrogen and oxygen atoms in total. The van der Waals surface area contributed by atoms with Gasteiger partial charge in [-0.25, -0.2) is 4.39 Å². The highest BCUT2D eigenvalue weighted by Gasteiger charge is 2.10. The smallest absolute Gasteiger partial charge is 0.124 e. The first-order valence-electron chi connectivity index (χ1n) is 4.13. The molecule has 0 saturated carbocycles. The Balaban J connectivity index is 2.73. The van der Waals surface area contributed by atoms with Crippen LogP contribution in [0.25, 0.3) is 10.1 Å². The number of aliphatic hydroxyl groups is 1. The monoisotopic (exact) mass is 230 g/mol. The molecule has 2 aromatic rings. The number of alkyl halides is 1. The van der Waals surface area contributed by atoms with Gasteiger partial charge in [0.05, 0.1) is 12.5 Å². The number of rotatable bonds is 2. The predicted molar refractivity (Wildman–Crippen MR) is 57.3 cm³/mol. The Kier molecular flexibility index (Phi) is 2.72. The zero-order chi connectivity index (χ0) is 10.1. The molecule has 0 atom stereocenters. The normalized spacial score (nSPS) is 11.1. The van der Waals surface area contributed by atoms with Crippen LogP contribution in [0.5, 0.6) is 0 Å². The number of thiophene rings is 1. The highest BCUT2D eigenvalue weighted by Crippen LogP contribution is 2.32. The maximum atomic E-state index is 12.9. The molecule has 2 rings (SSSR count). The van der Waals surface area contributed by atoms with Crippen molar-refractivity contribution in [2.45, 2.75) is 12.5 Å². The first-order valence-corrected chi connectivity index (χ1v) is 5.48. The first kappa shape index (κ1) is 9.90. The Morgan fingerprint density at radius 1 is 1.43 bits per heavy atom. The summed E-state index contributed by atoms with van der Waals surface area (Å²) < 4.78 is 13.7. The highest BCUT2D eigenvalue weighted by molar-refractivity contribution is 7.19. The largest absolute Gasteiger partial charge is 0.392 e. The molecule has 1 aromatic carbocycles. The Labute approximate surface area is 89.7 Å². The van der Waals surface area contributed by atoms with Gasteiger partial charge in [-0.05, 0) is 17.5 Å². The molecule has 0 fully saturated rings. The highest BCUT2D eigenvalue weighted by atomic mass is 35.5. The summed E-state index contributed by atoms with van der Waals surface area (Å²) in [4.78, 5) is 0.912. The van der Waals surface area contributed by atoms with Gasteiger partial charge in [0, 0.05) is 15.1 Å². The Bertz CT molecular complexity index is 466. The van der Waals surface area contributed by atoms with Crippen LogP contribution in [0.15, 0.2) is 18.2 Å². The van der Waals surface area contributed by atoms with Gasteiger partial charge in [-0.3, -0.25) is 0 Å². The number of hydrogen-bond donors (Lipinski definition) is 1. The summed E-state index contributed by atoms with van der Waals surface area (Å²) in [5.74, 6) is 0.0981. The van der Waals surface area contributed by atoms with Gasteiger partial charge < -0.3 is 5.11 Å². The predicted octanol–water partition coefficient (Wildman–Crippen LogP) is 3.27. The fourth-order valence-electron chi connectivity index (χ4n) is 1.46. The molecular weight excluding hydrogens is 223 g/mol. The lowest BCUT2D eigenvalue weighted by Crippen LogP contribution is -1.84. The number of benzene rings is 1. The minimum atomic E-state index is -0.260. The Morgan fingerprint density at radius 3 is 2.86 bits per heavy atom. The minimum absolute atomic E-state index is 0.0479. The molecule has 74 valence electrons. The van der Waals surface area contributed by atoms with Crippen molar-refractivity contribution in [3.63, 3.8) is 0 Å². The molecule has 1 N–H and O–H groups in total. The van der Waals surface area contributed by atoms with Gasteiger partial charge in [0.25, 0.3) is 0 Å². The van der Waals surface area contributed by atoms with E-state index in [1.807, 2.05) is 0 Å². The zero-order valence-electron chi connectivity index (χ0n) is 7.26. The topological polar surface area (TPSA) is 20.2 Å². The lowest BCUT2D eigenvalue weighted by molar-refractivity contribution is 0.283. The van der Waals surface area contributed by atoms with Crippen LogP contribution in [0.3, 0.4) is 0 Å². The summed E-state index contributed by atoms with van der Waals surface area (Å²) in [6.07, 6.45) is 0. The fraction of sp³-hybridized carbons (Fsp3) is 0.200. The number of halogens is 2. The van der Waals surface area contributed by atoms with Crippen LogP contribution in [-0.4, -0.2) is 5.11 Å². The van der Waals surface area contributed by atoms with E-state index in [2.05, 4.69) is 0 Å². The van der Waals surface area contributed by atoms with Crippen molar-refractivity contribution in [3.05, 3.63) is 34.5 Å². The van der Waals surface area contributed by atoms with Crippen LogP contribution < -0.4 is 0 Å². The standard InChI is InChI=1S/C10H8ClFOS/c11-4-10-8(5-13)7-2-1-6(12)3-9(7)14-10/h1-3,13H,4-5H2. The molecule has 1 aromatic heterocycles. The van der Waals surface area contributed by atoms with Crippen LogP contribution in [0.1, 0.15) is 10.4 Å². The van der Waals surface area contributed by atoms with Gasteiger partial charge in [0.1, 0.15) is 5.82 Å². The lowest BCUT2D eigenvalue weighted by atomic mass is 10.1.